The Kier molecular flexibility index (Phi) is 7.77. The van der Waals surface area contributed by atoms with Crippen molar-refractivity contribution in [2.24, 2.45) is 0 Å². The summed E-state index contributed by atoms with van der Waals surface area (Å²) >= 11 is 0. The van der Waals surface area contributed by atoms with E-state index < -0.39 is 0 Å². The summed E-state index contributed by atoms with van der Waals surface area (Å²) in [6.07, 6.45) is 1.47. The Labute approximate surface area is 199 Å². The number of hydrogen-bond acceptors (Lipinski definition) is 6. The molecule has 2 aromatic rings. The number of ether oxygens (including phenoxy) is 4. The molecule has 2 aliphatic rings. The minimum Gasteiger partial charge on any atom is -0.486 e. The molecule has 0 aromatic heterocycles. The molecule has 0 radical (unpaired) electrons. The molecule has 4 atom stereocenters. The van der Waals surface area contributed by atoms with Gasteiger partial charge in [0, 0.05) is 12.8 Å². The second-order valence-electron chi connectivity index (χ2n) is 8.75. The van der Waals surface area contributed by atoms with Crippen molar-refractivity contribution in [3.63, 3.8) is 0 Å². The Morgan fingerprint density at radius 3 is 1.53 bits per heavy atom. The first-order valence-corrected chi connectivity index (χ1v) is 11.9. The van der Waals surface area contributed by atoms with Crippen molar-refractivity contribution in [2.45, 2.75) is 63.8 Å². The van der Waals surface area contributed by atoms with Crippen LogP contribution in [0, 0.1) is 0 Å². The SMILES string of the molecule is C[C@H](NC(=O)CCCCC(=O)N[C@H](C)[C@@H]1COc2ccccc2O1)[C@H]1COc2ccccc2O1. The summed E-state index contributed by atoms with van der Waals surface area (Å²) in [6, 6.07) is 14.6. The number of benzene rings is 2. The molecule has 182 valence electrons. The third kappa shape index (κ3) is 6.12. The smallest absolute Gasteiger partial charge is 0.220 e. The number of para-hydroxylation sites is 4. The van der Waals surface area contributed by atoms with E-state index in [4.69, 9.17) is 18.9 Å². The highest BCUT2D eigenvalue weighted by Crippen LogP contribution is 2.32. The Balaban J connectivity index is 1.11. The van der Waals surface area contributed by atoms with E-state index >= 15 is 0 Å². The molecule has 4 rings (SSSR count). The highest BCUT2D eigenvalue weighted by atomic mass is 16.6. The Morgan fingerprint density at radius 1 is 0.735 bits per heavy atom. The molecule has 0 fully saturated rings. The van der Waals surface area contributed by atoms with Crippen molar-refractivity contribution < 1.29 is 28.5 Å². The van der Waals surface area contributed by atoms with Crippen LogP contribution in [0.3, 0.4) is 0 Å². The number of fused-ring (bicyclic) bond motifs is 2. The lowest BCUT2D eigenvalue weighted by Crippen LogP contribution is -2.48. The van der Waals surface area contributed by atoms with Crippen LogP contribution in [0.5, 0.6) is 23.0 Å². The molecule has 0 saturated carbocycles. The van der Waals surface area contributed by atoms with Crippen LogP contribution in [0.15, 0.2) is 48.5 Å². The first-order chi connectivity index (χ1) is 16.5. The molecule has 2 aliphatic heterocycles. The van der Waals surface area contributed by atoms with Gasteiger partial charge in [0.1, 0.15) is 13.2 Å². The molecular weight excluding hydrogens is 436 g/mol. The molecular formula is C26H32N2O6. The van der Waals surface area contributed by atoms with E-state index in [1.807, 2.05) is 62.4 Å². The maximum atomic E-state index is 12.3. The molecule has 2 aromatic carbocycles. The number of unbranched alkanes of at least 4 members (excludes halogenated alkanes) is 1. The van der Waals surface area contributed by atoms with Gasteiger partial charge in [0.25, 0.3) is 0 Å². The van der Waals surface area contributed by atoms with Gasteiger partial charge < -0.3 is 29.6 Å². The van der Waals surface area contributed by atoms with Crippen molar-refractivity contribution in [1.82, 2.24) is 10.6 Å². The second-order valence-corrected chi connectivity index (χ2v) is 8.75. The fourth-order valence-corrected chi connectivity index (χ4v) is 3.97. The van der Waals surface area contributed by atoms with Gasteiger partial charge in [0.15, 0.2) is 35.2 Å². The molecule has 0 saturated heterocycles. The monoisotopic (exact) mass is 468 g/mol. The van der Waals surface area contributed by atoms with Crippen molar-refractivity contribution in [3.05, 3.63) is 48.5 Å². The quantitative estimate of drug-likeness (QED) is 0.549. The molecule has 34 heavy (non-hydrogen) atoms. The van der Waals surface area contributed by atoms with E-state index in [9.17, 15) is 9.59 Å². The summed E-state index contributed by atoms with van der Waals surface area (Å²) in [5.41, 5.74) is 0. The second kappa shape index (κ2) is 11.1. The van der Waals surface area contributed by atoms with E-state index in [0.29, 0.717) is 50.4 Å². The zero-order valence-electron chi connectivity index (χ0n) is 19.6. The van der Waals surface area contributed by atoms with E-state index in [1.165, 1.54) is 0 Å². The molecule has 2 amide bonds. The zero-order chi connectivity index (χ0) is 23.9. The third-order valence-electron chi connectivity index (χ3n) is 6.01. The molecule has 0 unspecified atom stereocenters. The largest absolute Gasteiger partial charge is 0.486 e. The summed E-state index contributed by atoms with van der Waals surface area (Å²) in [6.45, 7) is 4.59. The molecule has 0 spiro atoms. The van der Waals surface area contributed by atoms with Gasteiger partial charge >= 0.3 is 0 Å². The molecule has 0 bridgehead atoms. The Hall–Kier alpha value is -3.42. The number of carbonyl (C=O) groups excluding carboxylic acids is 2. The van der Waals surface area contributed by atoms with Gasteiger partial charge in [0.05, 0.1) is 12.1 Å². The molecule has 2 heterocycles. The maximum absolute atomic E-state index is 12.3. The highest BCUT2D eigenvalue weighted by Gasteiger charge is 2.28. The predicted molar refractivity (Wildman–Crippen MR) is 126 cm³/mol. The predicted octanol–water partition coefficient (Wildman–Crippen LogP) is 3.24. The topological polar surface area (TPSA) is 95.1 Å². The maximum Gasteiger partial charge on any atom is 0.220 e. The lowest BCUT2D eigenvalue weighted by Gasteiger charge is -2.31. The van der Waals surface area contributed by atoms with Crippen molar-refractivity contribution in [2.75, 3.05) is 13.2 Å². The lowest BCUT2D eigenvalue weighted by atomic mass is 10.1. The van der Waals surface area contributed by atoms with Gasteiger partial charge in [-0.05, 0) is 51.0 Å². The minimum absolute atomic E-state index is 0.0600. The van der Waals surface area contributed by atoms with Gasteiger partial charge in [-0.1, -0.05) is 24.3 Å². The molecule has 0 aliphatic carbocycles. The van der Waals surface area contributed by atoms with E-state index in [0.717, 1.165) is 11.5 Å². The van der Waals surface area contributed by atoms with E-state index in [1.54, 1.807) is 0 Å². The van der Waals surface area contributed by atoms with E-state index in [2.05, 4.69) is 10.6 Å². The fourth-order valence-electron chi connectivity index (χ4n) is 3.97. The van der Waals surface area contributed by atoms with Crippen LogP contribution in [0.2, 0.25) is 0 Å². The van der Waals surface area contributed by atoms with Crippen LogP contribution in [0.1, 0.15) is 39.5 Å². The van der Waals surface area contributed by atoms with E-state index in [-0.39, 0.29) is 36.1 Å². The van der Waals surface area contributed by atoms with Gasteiger partial charge in [-0.2, -0.15) is 0 Å². The molecule has 8 heteroatoms. The third-order valence-corrected chi connectivity index (χ3v) is 6.01. The zero-order valence-corrected chi connectivity index (χ0v) is 19.6. The van der Waals surface area contributed by atoms with Crippen molar-refractivity contribution in [3.8, 4) is 23.0 Å². The van der Waals surface area contributed by atoms with Crippen LogP contribution in [0.4, 0.5) is 0 Å². The van der Waals surface area contributed by atoms with Crippen molar-refractivity contribution >= 4 is 11.8 Å². The van der Waals surface area contributed by atoms with Crippen LogP contribution < -0.4 is 29.6 Å². The summed E-state index contributed by atoms with van der Waals surface area (Å²) in [4.78, 5) is 24.7. The van der Waals surface area contributed by atoms with Crippen LogP contribution >= 0.6 is 0 Å². The number of amides is 2. The summed E-state index contributed by atoms with van der Waals surface area (Å²) < 4.78 is 23.3. The first-order valence-electron chi connectivity index (χ1n) is 11.9. The standard InChI is InChI=1S/C26H32N2O6/c1-17(23-15-31-19-9-3-5-11-21(19)33-23)27-25(29)13-7-8-14-26(30)28-18(2)24-16-32-20-10-4-6-12-22(20)34-24/h3-6,9-12,17-18,23-24H,7-8,13-16H2,1-2H3,(H,27,29)(H,28,30)/t17-,18+,23+,24-. The van der Waals surface area contributed by atoms with Crippen LogP contribution in [0.25, 0.3) is 0 Å². The highest BCUT2D eigenvalue weighted by molar-refractivity contribution is 5.77. The number of hydrogen-bond donors (Lipinski definition) is 2. The Morgan fingerprint density at radius 2 is 1.12 bits per heavy atom. The van der Waals surface area contributed by atoms with Gasteiger partial charge in [-0.15, -0.1) is 0 Å². The lowest BCUT2D eigenvalue weighted by molar-refractivity contribution is -0.124. The number of carbonyl (C=O) groups is 2. The summed E-state index contributed by atoms with van der Waals surface area (Å²) in [5, 5.41) is 5.95. The van der Waals surface area contributed by atoms with Crippen LogP contribution in [-0.2, 0) is 9.59 Å². The average Bonchev–Trinajstić information content (AvgIpc) is 2.86. The molecule has 2 N–H and O–H groups in total. The fraction of sp³-hybridized carbons (Fsp3) is 0.462. The van der Waals surface area contributed by atoms with Gasteiger partial charge in [0.2, 0.25) is 11.8 Å². The normalized spacial score (nSPS) is 20.1. The summed E-state index contributed by atoms with van der Waals surface area (Å²) in [7, 11) is 0. The van der Waals surface area contributed by atoms with Crippen LogP contribution in [-0.4, -0.2) is 49.3 Å². The van der Waals surface area contributed by atoms with Gasteiger partial charge in [-0.25, -0.2) is 0 Å². The summed E-state index contributed by atoms with van der Waals surface area (Å²) in [5.74, 6) is 2.70. The molecule has 8 nitrogen and oxygen atoms in total. The van der Waals surface area contributed by atoms with Crippen molar-refractivity contribution in [1.29, 1.82) is 0 Å². The first kappa shape index (κ1) is 23.7. The Bertz CT molecular complexity index is 917. The minimum atomic E-state index is -0.246. The number of rotatable bonds is 9. The number of nitrogens with one attached hydrogen (secondary N) is 2. The van der Waals surface area contributed by atoms with Gasteiger partial charge in [-0.3, -0.25) is 9.59 Å². The average molecular weight is 469 g/mol.